The zero-order valence-electron chi connectivity index (χ0n) is 24.8. The van der Waals surface area contributed by atoms with Crippen LogP contribution in [0.15, 0.2) is 72.9 Å². The maximum atomic E-state index is 15.0. The summed E-state index contributed by atoms with van der Waals surface area (Å²) in [7, 11) is 1.56. The molecule has 0 unspecified atom stereocenters. The number of nitrogens with zero attached hydrogens (tertiary/aromatic N) is 4. The molecule has 0 atom stereocenters. The Labute approximate surface area is 259 Å². The highest BCUT2D eigenvalue weighted by Gasteiger charge is 2.25. The first-order valence-corrected chi connectivity index (χ1v) is 14.6. The van der Waals surface area contributed by atoms with E-state index in [4.69, 9.17) is 19.2 Å². The second-order valence-corrected chi connectivity index (χ2v) is 10.7. The van der Waals surface area contributed by atoms with Gasteiger partial charge in [0.1, 0.15) is 18.5 Å². The van der Waals surface area contributed by atoms with Crippen LogP contribution in [0.5, 0.6) is 17.5 Å². The number of imidazole rings is 1. The van der Waals surface area contributed by atoms with Crippen molar-refractivity contribution in [1.82, 2.24) is 25.0 Å². The zero-order chi connectivity index (χ0) is 31.3. The van der Waals surface area contributed by atoms with Crippen LogP contribution in [0.2, 0.25) is 0 Å². The number of benzene rings is 3. The van der Waals surface area contributed by atoms with Crippen LogP contribution in [0.3, 0.4) is 0 Å². The molecule has 0 saturated carbocycles. The van der Waals surface area contributed by atoms with Gasteiger partial charge in [0.2, 0.25) is 0 Å². The normalized spacial score (nSPS) is 13.3. The Bertz CT molecular complexity index is 1900. The number of nitrogens with one attached hydrogen (secondary N) is 2. The number of piperidine rings is 1. The van der Waals surface area contributed by atoms with Crippen molar-refractivity contribution in [3.05, 3.63) is 95.6 Å². The molecule has 1 aliphatic rings. The van der Waals surface area contributed by atoms with Gasteiger partial charge in [-0.05, 0) is 68.2 Å². The third kappa shape index (κ3) is 6.27. The molecule has 1 amide bonds. The molecule has 2 aromatic heterocycles. The molecular weight excluding hydrogens is 575 g/mol. The minimum atomic E-state index is -0.699. The average molecular weight is 607 g/mol. The van der Waals surface area contributed by atoms with E-state index in [0.717, 1.165) is 31.5 Å². The van der Waals surface area contributed by atoms with E-state index in [1.54, 1.807) is 29.8 Å². The third-order valence-electron chi connectivity index (χ3n) is 7.69. The number of ether oxygens (including phenoxy) is 3. The van der Waals surface area contributed by atoms with E-state index in [9.17, 15) is 14.4 Å². The third-order valence-corrected chi connectivity index (χ3v) is 7.69. The number of aryl methyl sites for hydroxylation is 1. The van der Waals surface area contributed by atoms with Gasteiger partial charge in [0.15, 0.2) is 17.1 Å². The predicted octanol–water partition coefficient (Wildman–Crippen LogP) is 5.81. The molecule has 0 radical (unpaired) electrons. The van der Waals surface area contributed by atoms with E-state index in [-0.39, 0.29) is 17.6 Å². The number of carbonyl (C=O) groups excluding carboxylic acids is 1. The number of rotatable bonds is 8. The molecule has 0 spiro atoms. The quantitative estimate of drug-likeness (QED) is 0.227. The summed E-state index contributed by atoms with van der Waals surface area (Å²) in [6.07, 6.45) is 2.57. The smallest absolute Gasteiger partial charge is 0.415 e. The van der Waals surface area contributed by atoms with Crippen molar-refractivity contribution in [2.45, 2.75) is 32.4 Å². The van der Waals surface area contributed by atoms with Crippen LogP contribution in [-0.2, 0) is 6.61 Å². The predicted molar refractivity (Wildman–Crippen MR) is 166 cm³/mol. The fourth-order valence-corrected chi connectivity index (χ4v) is 5.38. The van der Waals surface area contributed by atoms with E-state index < -0.39 is 11.9 Å². The first kappa shape index (κ1) is 29.6. The molecule has 45 heavy (non-hydrogen) atoms. The highest BCUT2D eigenvalue weighted by molar-refractivity contribution is 5.91. The summed E-state index contributed by atoms with van der Waals surface area (Å²) >= 11 is 0. The lowest BCUT2D eigenvalue weighted by Crippen LogP contribution is -2.44. The number of nitriles is 1. The first-order valence-electron chi connectivity index (χ1n) is 14.6. The van der Waals surface area contributed by atoms with Gasteiger partial charge >= 0.3 is 12.1 Å². The Morgan fingerprint density at radius 2 is 1.87 bits per heavy atom. The summed E-state index contributed by atoms with van der Waals surface area (Å²) in [5.41, 5.74) is 3.88. The van der Waals surface area contributed by atoms with Gasteiger partial charge in [-0.2, -0.15) is 10.2 Å². The number of aromatic nitrogens is 3. The SMILES string of the molecule is COc1ccc(-c2c(-c3ccc(C#N)c(F)c3)nc(OC(=O)NC3CCNCC3)n3c(C)cnc23)cc1OCc1ccccc1. The number of halogens is 1. The Kier molecular flexibility index (Phi) is 8.57. The summed E-state index contributed by atoms with van der Waals surface area (Å²) < 4.78 is 34.2. The van der Waals surface area contributed by atoms with Crippen molar-refractivity contribution < 1.29 is 23.4 Å². The molecule has 0 bridgehead atoms. The number of hydrogen-bond donors (Lipinski definition) is 2. The highest BCUT2D eigenvalue weighted by Crippen LogP contribution is 2.40. The fraction of sp³-hybridized carbons (Fsp3) is 0.235. The first-order chi connectivity index (χ1) is 21.9. The standard InChI is InChI=1S/C34H31FN6O4/c1-21-19-38-32-30(23-10-11-28(43-2)29(17-23)44-20-22-6-4-3-5-7-22)31(24-8-9-25(18-36)27(35)16-24)40-33(41(21)32)45-34(42)39-26-12-14-37-15-13-26/h3-11,16-17,19,26,37H,12-15,20H2,1-2H3,(H,39,42). The Morgan fingerprint density at radius 1 is 1.09 bits per heavy atom. The van der Waals surface area contributed by atoms with Gasteiger partial charge in [-0.15, -0.1) is 0 Å². The molecule has 1 aliphatic heterocycles. The number of amides is 1. The summed E-state index contributed by atoms with van der Waals surface area (Å²) in [5.74, 6) is 0.312. The Balaban J connectivity index is 1.48. The lowest BCUT2D eigenvalue weighted by Gasteiger charge is -2.23. The van der Waals surface area contributed by atoms with E-state index in [0.29, 0.717) is 51.8 Å². The van der Waals surface area contributed by atoms with E-state index in [1.165, 1.54) is 12.1 Å². The molecule has 5 aromatic rings. The highest BCUT2D eigenvalue weighted by atomic mass is 19.1. The lowest BCUT2D eigenvalue weighted by atomic mass is 9.98. The summed E-state index contributed by atoms with van der Waals surface area (Å²) in [4.78, 5) is 22.5. The average Bonchev–Trinajstić information content (AvgIpc) is 3.45. The molecule has 6 rings (SSSR count). The molecule has 228 valence electrons. The minimum Gasteiger partial charge on any atom is -0.493 e. The molecule has 1 saturated heterocycles. The molecule has 3 heterocycles. The van der Waals surface area contributed by atoms with Crippen LogP contribution in [0.4, 0.5) is 9.18 Å². The van der Waals surface area contributed by atoms with Crippen LogP contribution in [-0.4, -0.2) is 46.7 Å². The van der Waals surface area contributed by atoms with Crippen molar-refractivity contribution in [3.63, 3.8) is 0 Å². The molecule has 1 fully saturated rings. The van der Waals surface area contributed by atoms with E-state index in [1.807, 2.05) is 55.5 Å². The van der Waals surface area contributed by atoms with Crippen LogP contribution < -0.4 is 24.8 Å². The van der Waals surface area contributed by atoms with Crippen LogP contribution >= 0.6 is 0 Å². The monoisotopic (exact) mass is 606 g/mol. The number of methoxy groups -OCH3 is 1. The lowest BCUT2D eigenvalue weighted by molar-refractivity contribution is 0.188. The van der Waals surface area contributed by atoms with Crippen molar-refractivity contribution >= 4 is 11.7 Å². The van der Waals surface area contributed by atoms with Gasteiger partial charge in [0.05, 0.1) is 23.9 Å². The van der Waals surface area contributed by atoms with Crippen molar-refractivity contribution in [3.8, 4) is 46.0 Å². The number of hydrogen-bond acceptors (Lipinski definition) is 8. The van der Waals surface area contributed by atoms with E-state index in [2.05, 4.69) is 15.6 Å². The van der Waals surface area contributed by atoms with Gasteiger partial charge < -0.3 is 24.8 Å². The number of carbonyl (C=O) groups is 1. The minimum absolute atomic E-state index is 0.0241. The maximum absolute atomic E-state index is 15.0. The molecule has 3 aromatic carbocycles. The molecule has 2 N–H and O–H groups in total. The summed E-state index contributed by atoms with van der Waals surface area (Å²) in [6, 6.07) is 21.2. The van der Waals surface area contributed by atoms with Gasteiger partial charge in [-0.3, -0.25) is 0 Å². The van der Waals surface area contributed by atoms with Crippen molar-refractivity contribution in [2.24, 2.45) is 0 Å². The van der Waals surface area contributed by atoms with E-state index >= 15 is 0 Å². The zero-order valence-corrected chi connectivity index (χ0v) is 24.8. The molecule has 10 nitrogen and oxygen atoms in total. The van der Waals surface area contributed by atoms with Gasteiger partial charge in [-0.25, -0.2) is 18.6 Å². The maximum Gasteiger partial charge on any atom is 0.415 e. The van der Waals surface area contributed by atoms with Gasteiger partial charge in [0, 0.05) is 23.5 Å². The summed E-state index contributed by atoms with van der Waals surface area (Å²) in [5, 5.41) is 15.5. The molecular formula is C34H31FN6O4. The van der Waals surface area contributed by atoms with Crippen LogP contribution in [0.25, 0.3) is 28.0 Å². The van der Waals surface area contributed by atoms with Crippen molar-refractivity contribution in [1.29, 1.82) is 5.26 Å². The van der Waals surface area contributed by atoms with Crippen LogP contribution in [0.1, 0.15) is 29.7 Å². The molecule has 0 aliphatic carbocycles. The number of fused-ring (bicyclic) bond motifs is 1. The second kappa shape index (κ2) is 13.0. The molecule has 11 heteroatoms. The van der Waals surface area contributed by atoms with Crippen LogP contribution in [0, 0.1) is 24.1 Å². The van der Waals surface area contributed by atoms with Gasteiger partial charge in [0.25, 0.3) is 0 Å². The fourth-order valence-electron chi connectivity index (χ4n) is 5.38. The summed E-state index contributed by atoms with van der Waals surface area (Å²) in [6.45, 7) is 3.74. The second-order valence-electron chi connectivity index (χ2n) is 10.7. The largest absolute Gasteiger partial charge is 0.493 e. The Morgan fingerprint density at radius 3 is 2.60 bits per heavy atom. The Hall–Kier alpha value is -5.47. The van der Waals surface area contributed by atoms with Crippen molar-refractivity contribution in [2.75, 3.05) is 20.2 Å². The topological polar surface area (TPSA) is 123 Å². The van der Waals surface area contributed by atoms with Gasteiger partial charge in [-0.1, -0.05) is 42.5 Å².